The van der Waals surface area contributed by atoms with Crippen LogP contribution in [0.3, 0.4) is 0 Å². The second-order valence-corrected chi connectivity index (χ2v) is 3.41. The Labute approximate surface area is 83.5 Å². The molecule has 0 aliphatic carbocycles. The van der Waals surface area contributed by atoms with E-state index in [2.05, 4.69) is 20.9 Å². The molecule has 2 rings (SSSR count). The largest absolute Gasteiger partial charge is 0.497 e. The summed E-state index contributed by atoms with van der Waals surface area (Å²) in [7, 11) is 1.62. The first kappa shape index (κ1) is 8.37. The van der Waals surface area contributed by atoms with E-state index >= 15 is 0 Å². The maximum absolute atomic E-state index is 5.70. The maximum Gasteiger partial charge on any atom is 0.142 e. The van der Waals surface area contributed by atoms with Gasteiger partial charge in [-0.15, -0.1) is 0 Å². The normalized spacial score (nSPS) is 10.6. The van der Waals surface area contributed by atoms with Crippen molar-refractivity contribution in [1.82, 2.24) is 9.38 Å². The second kappa shape index (κ2) is 2.92. The van der Waals surface area contributed by atoms with E-state index in [-0.39, 0.29) is 0 Å². The predicted octanol–water partition coefficient (Wildman–Crippen LogP) is 1.69. The first-order valence-electron chi connectivity index (χ1n) is 3.69. The number of aromatic nitrogens is 2. The number of fused-ring (bicyclic) bond motifs is 1. The molecule has 2 N–H and O–H groups in total. The number of hydrogen-bond donors (Lipinski definition) is 1. The van der Waals surface area contributed by atoms with Crippen molar-refractivity contribution in [3.63, 3.8) is 0 Å². The van der Waals surface area contributed by atoms with Crippen molar-refractivity contribution >= 4 is 27.4 Å². The number of halogens is 1. The van der Waals surface area contributed by atoms with Gasteiger partial charge in [0.1, 0.15) is 17.2 Å². The number of nitrogen functional groups attached to an aromatic ring is 1. The molecule has 0 aliphatic rings. The predicted molar refractivity (Wildman–Crippen MR) is 53.9 cm³/mol. The molecule has 0 bridgehead atoms. The molecule has 5 heteroatoms. The number of pyridine rings is 1. The van der Waals surface area contributed by atoms with Crippen molar-refractivity contribution in [2.24, 2.45) is 0 Å². The zero-order valence-corrected chi connectivity index (χ0v) is 8.58. The first-order chi connectivity index (χ1) is 6.22. The summed E-state index contributed by atoms with van der Waals surface area (Å²) >= 11 is 3.38. The van der Waals surface area contributed by atoms with Gasteiger partial charge in [-0.25, -0.2) is 4.98 Å². The van der Waals surface area contributed by atoms with Crippen LogP contribution in [0.25, 0.3) is 5.65 Å². The molecule has 0 aliphatic heterocycles. The van der Waals surface area contributed by atoms with Gasteiger partial charge in [-0.3, -0.25) is 4.40 Å². The number of hydrogen-bond acceptors (Lipinski definition) is 3. The molecule has 13 heavy (non-hydrogen) atoms. The van der Waals surface area contributed by atoms with E-state index in [4.69, 9.17) is 10.5 Å². The lowest BCUT2D eigenvalue weighted by molar-refractivity contribution is 0.414. The van der Waals surface area contributed by atoms with Gasteiger partial charge in [0.05, 0.1) is 17.9 Å². The molecule has 0 saturated carbocycles. The van der Waals surface area contributed by atoms with Gasteiger partial charge < -0.3 is 10.5 Å². The minimum atomic E-state index is 0.601. The van der Waals surface area contributed by atoms with Gasteiger partial charge in [-0.1, -0.05) is 0 Å². The zero-order chi connectivity index (χ0) is 9.42. The number of nitrogens with zero attached hydrogens (tertiary/aromatic N) is 2. The second-order valence-electron chi connectivity index (χ2n) is 2.59. The lowest BCUT2D eigenvalue weighted by Crippen LogP contribution is -1.95. The molecule has 0 atom stereocenters. The summed E-state index contributed by atoms with van der Waals surface area (Å²) in [5.74, 6) is 1.36. The maximum atomic E-state index is 5.70. The Balaban J connectivity index is 2.79. The van der Waals surface area contributed by atoms with Crippen molar-refractivity contribution in [2.75, 3.05) is 12.8 Å². The van der Waals surface area contributed by atoms with Gasteiger partial charge in [0, 0.05) is 12.1 Å². The molecule has 0 saturated heterocycles. The van der Waals surface area contributed by atoms with Crippen molar-refractivity contribution in [3.8, 4) is 5.75 Å². The van der Waals surface area contributed by atoms with Crippen LogP contribution in [0.1, 0.15) is 0 Å². The summed E-state index contributed by atoms with van der Waals surface area (Å²) < 4.78 is 7.71. The fourth-order valence-electron chi connectivity index (χ4n) is 1.18. The van der Waals surface area contributed by atoms with E-state index < -0.39 is 0 Å². The number of methoxy groups -OCH3 is 1. The van der Waals surface area contributed by atoms with Gasteiger partial charge in [0.25, 0.3) is 0 Å². The SMILES string of the molecule is COc1cc(Br)n2c(N)cnc2c1. The average molecular weight is 242 g/mol. The van der Waals surface area contributed by atoms with E-state index in [0.717, 1.165) is 16.0 Å². The number of imidazole rings is 1. The third-order valence-corrected chi connectivity index (χ3v) is 2.38. The van der Waals surface area contributed by atoms with Gasteiger partial charge in [0.15, 0.2) is 0 Å². The average Bonchev–Trinajstić information content (AvgIpc) is 2.48. The van der Waals surface area contributed by atoms with Crippen LogP contribution in [0.5, 0.6) is 5.75 Å². The number of rotatable bonds is 1. The van der Waals surface area contributed by atoms with Gasteiger partial charge in [-0.2, -0.15) is 0 Å². The van der Waals surface area contributed by atoms with Crippen molar-refractivity contribution in [2.45, 2.75) is 0 Å². The summed E-state index contributed by atoms with van der Waals surface area (Å²) in [6.45, 7) is 0. The number of nitrogens with two attached hydrogens (primary N) is 1. The Bertz CT molecular complexity index is 452. The molecule has 0 unspecified atom stereocenters. The fourth-order valence-corrected chi connectivity index (χ4v) is 1.80. The molecule has 2 heterocycles. The topological polar surface area (TPSA) is 52.5 Å². The summed E-state index contributed by atoms with van der Waals surface area (Å²) in [4.78, 5) is 4.12. The Morgan fingerprint density at radius 3 is 3.00 bits per heavy atom. The van der Waals surface area contributed by atoms with Crippen LogP contribution < -0.4 is 10.5 Å². The summed E-state index contributed by atoms with van der Waals surface area (Å²) in [6, 6.07) is 3.66. The molecule has 2 aromatic heterocycles. The fraction of sp³-hybridized carbons (Fsp3) is 0.125. The summed E-state index contributed by atoms with van der Waals surface area (Å²) in [5.41, 5.74) is 6.47. The van der Waals surface area contributed by atoms with E-state index in [9.17, 15) is 0 Å². The standard InChI is InChI=1S/C8H8BrN3O/c1-13-5-2-6(9)12-7(10)4-11-8(12)3-5/h2-4H,10H2,1H3. The van der Waals surface area contributed by atoms with Crippen molar-refractivity contribution in [3.05, 3.63) is 22.9 Å². The van der Waals surface area contributed by atoms with Gasteiger partial charge >= 0.3 is 0 Å². The monoisotopic (exact) mass is 241 g/mol. The minimum absolute atomic E-state index is 0.601. The highest BCUT2D eigenvalue weighted by atomic mass is 79.9. The van der Waals surface area contributed by atoms with Crippen LogP contribution in [-0.2, 0) is 0 Å². The third-order valence-electron chi connectivity index (χ3n) is 1.80. The molecule has 2 aromatic rings. The third kappa shape index (κ3) is 1.25. The van der Waals surface area contributed by atoms with Gasteiger partial charge in [0.2, 0.25) is 0 Å². The number of ether oxygens (including phenoxy) is 1. The number of anilines is 1. The molecule has 0 fully saturated rings. The van der Waals surface area contributed by atoms with Crippen molar-refractivity contribution < 1.29 is 4.74 Å². The summed E-state index contributed by atoms with van der Waals surface area (Å²) in [5, 5.41) is 0. The molecular weight excluding hydrogens is 234 g/mol. The molecule has 4 nitrogen and oxygen atoms in total. The highest BCUT2D eigenvalue weighted by Crippen LogP contribution is 2.23. The minimum Gasteiger partial charge on any atom is -0.497 e. The molecule has 0 radical (unpaired) electrons. The van der Waals surface area contributed by atoms with Gasteiger partial charge in [-0.05, 0) is 15.9 Å². The van der Waals surface area contributed by atoms with Crippen LogP contribution in [0.2, 0.25) is 0 Å². The Morgan fingerprint density at radius 1 is 1.54 bits per heavy atom. The molecular formula is C8H8BrN3O. The van der Waals surface area contributed by atoms with E-state index in [1.54, 1.807) is 17.7 Å². The lowest BCUT2D eigenvalue weighted by atomic mass is 10.4. The summed E-state index contributed by atoms with van der Waals surface area (Å²) in [6.07, 6.45) is 1.61. The van der Waals surface area contributed by atoms with Crippen LogP contribution in [-0.4, -0.2) is 16.5 Å². The molecule has 68 valence electrons. The van der Waals surface area contributed by atoms with Crippen LogP contribution >= 0.6 is 15.9 Å². The van der Waals surface area contributed by atoms with Crippen LogP contribution in [0.4, 0.5) is 5.82 Å². The first-order valence-corrected chi connectivity index (χ1v) is 4.48. The Hall–Kier alpha value is -1.23. The van der Waals surface area contributed by atoms with Crippen molar-refractivity contribution in [1.29, 1.82) is 0 Å². The van der Waals surface area contributed by atoms with Crippen LogP contribution in [0, 0.1) is 0 Å². The highest BCUT2D eigenvalue weighted by Gasteiger charge is 2.05. The zero-order valence-electron chi connectivity index (χ0n) is 6.99. The highest BCUT2D eigenvalue weighted by molar-refractivity contribution is 9.10. The van der Waals surface area contributed by atoms with E-state index in [1.807, 2.05) is 12.1 Å². The van der Waals surface area contributed by atoms with E-state index in [1.165, 1.54) is 0 Å². The molecule has 0 aromatic carbocycles. The molecule has 0 spiro atoms. The van der Waals surface area contributed by atoms with Crippen LogP contribution in [0.15, 0.2) is 22.9 Å². The lowest BCUT2D eigenvalue weighted by Gasteiger charge is -2.03. The molecule has 0 amide bonds. The van der Waals surface area contributed by atoms with E-state index in [0.29, 0.717) is 5.82 Å². The Kier molecular flexibility index (Phi) is 1.88. The Morgan fingerprint density at radius 2 is 2.31 bits per heavy atom. The smallest absolute Gasteiger partial charge is 0.142 e. The quantitative estimate of drug-likeness (QED) is 0.774.